The van der Waals surface area contributed by atoms with Crippen molar-refractivity contribution < 1.29 is 27.8 Å². The number of carboxylic acid groups (broad SMARTS) is 1. The van der Waals surface area contributed by atoms with Gasteiger partial charge in [0.25, 0.3) is 0 Å². The first-order valence-electron chi connectivity index (χ1n) is 8.34. The molecule has 0 bridgehead atoms. The molecule has 146 valence electrons. The number of ether oxygens (including phenoxy) is 1. The molecule has 0 atom stereocenters. The third-order valence-electron chi connectivity index (χ3n) is 4.06. The maximum Gasteiger partial charge on any atom is 0.416 e. The number of nitrogens with zero attached hydrogens (tertiary/aromatic N) is 1. The number of benzene rings is 2. The van der Waals surface area contributed by atoms with Crippen molar-refractivity contribution in [3.63, 3.8) is 0 Å². The van der Waals surface area contributed by atoms with Crippen LogP contribution >= 0.6 is 11.3 Å². The molecule has 0 fully saturated rings. The fourth-order valence-electron chi connectivity index (χ4n) is 2.54. The highest BCUT2D eigenvalue weighted by Gasteiger charge is 2.30. The molecular formula is C20H16F3NO3S. The first kappa shape index (κ1) is 19.9. The highest BCUT2D eigenvalue weighted by molar-refractivity contribution is 7.15. The van der Waals surface area contributed by atoms with E-state index in [2.05, 4.69) is 4.98 Å². The van der Waals surface area contributed by atoms with Crippen LogP contribution in [0.1, 0.15) is 26.5 Å². The molecule has 3 rings (SSSR count). The smallest absolute Gasteiger partial charge is 0.416 e. The molecule has 0 saturated carbocycles. The van der Waals surface area contributed by atoms with Gasteiger partial charge in [-0.05, 0) is 43.3 Å². The number of halogens is 3. The summed E-state index contributed by atoms with van der Waals surface area (Å²) in [7, 11) is 0. The van der Waals surface area contributed by atoms with Gasteiger partial charge in [0.05, 0.1) is 23.4 Å². The number of carboxylic acids is 1. The first-order chi connectivity index (χ1) is 13.2. The number of aryl methyl sites for hydroxylation is 1. The van der Waals surface area contributed by atoms with Crippen molar-refractivity contribution in [1.82, 2.24) is 4.98 Å². The standard InChI is InChI=1S/C20H16F3NO3S/c1-12-17(10-11-27-16-8-4-14(5-9-16)19(25)26)24-18(28-12)13-2-6-15(7-3-13)20(21,22)23/h2-9H,10-11H2,1H3,(H,25,26). The first-order valence-corrected chi connectivity index (χ1v) is 9.16. The summed E-state index contributed by atoms with van der Waals surface area (Å²) >= 11 is 1.42. The van der Waals surface area contributed by atoms with Crippen LogP contribution in [-0.2, 0) is 12.6 Å². The Balaban J connectivity index is 1.63. The van der Waals surface area contributed by atoms with Gasteiger partial charge in [0.15, 0.2) is 0 Å². The van der Waals surface area contributed by atoms with Crippen LogP contribution in [0.3, 0.4) is 0 Å². The van der Waals surface area contributed by atoms with E-state index >= 15 is 0 Å². The minimum Gasteiger partial charge on any atom is -0.493 e. The number of aromatic carboxylic acids is 1. The molecule has 0 aliphatic carbocycles. The molecule has 0 saturated heterocycles. The lowest BCUT2D eigenvalue weighted by atomic mass is 10.1. The summed E-state index contributed by atoms with van der Waals surface area (Å²) in [6.45, 7) is 2.26. The molecule has 0 spiro atoms. The fourth-order valence-corrected chi connectivity index (χ4v) is 3.51. The topological polar surface area (TPSA) is 59.4 Å². The van der Waals surface area contributed by atoms with Crippen molar-refractivity contribution in [3.05, 3.63) is 70.2 Å². The Morgan fingerprint density at radius 1 is 1.11 bits per heavy atom. The molecule has 1 heterocycles. The number of hydrogen-bond acceptors (Lipinski definition) is 4. The Labute approximate surface area is 163 Å². The quantitative estimate of drug-likeness (QED) is 0.590. The number of alkyl halides is 3. The lowest BCUT2D eigenvalue weighted by Gasteiger charge is -2.06. The summed E-state index contributed by atoms with van der Waals surface area (Å²) in [4.78, 5) is 16.3. The lowest BCUT2D eigenvalue weighted by Crippen LogP contribution is -2.04. The van der Waals surface area contributed by atoms with Crippen LogP contribution in [0.25, 0.3) is 10.6 Å². The number of hydrogen-bond donors (Lipinski definition) is 1. The van der Waals surface area contributed by atoms with E-state index in [1.165, 1.54) is 35.6 Å². The molecular weight excluding hydrogens is 391 g/mol. The van der Waals surface area contributed by atoms with Crippen LogP contribution in [0.4, 0.5) is 13.2 Å². The van der Waals surface area contributed by atoms with Crippen molar-refractivity contribution in [1.29, 1.82) is 0 Å². The Bertz CT molecular complexity index is 964. The zero-order valence-corrected chi connectivity index (χ0v) is 15.6. The van der Waals surface area contributed by atoms with E-state index in [1.54, 1.807) is 12.1 Å². The average Bonchev–Trinajstić information content (AvgIpc) is 3.02. The van der Waals surface area contributed by atoms with Gasteiger partial charge in [0.1, 0.15) is 10.8 Å². The molecule has 28 heavy (non-hydrogen) atoms. The highest BCUT2D eigenvalue weighted by Crippen LogP contribution is 2.33. The fraction of sp³-hybridized carbons (Fsp3) is 0.200. The van der Waals surface area contributed by atoms with Gasteiger partial charge in [-0.2, -0.15) is 13.2 Å². The van der Waals surface area contributed by atoms with Crippen LogP contribution in [0.5, 0.6) is 5.75 Å². The van der Waals surface area contributed by atoms with Gasteiger partial charge in [-0.1, -0.05) is 12.1 Å². The number of carbonyl (C=O) groups is 1. The van der Waals surface area contributed by atoms with Crippen LogP contribution in [0.2, 0.25) is 0 Å². The molecule has 1 aromatic heterocycles. The molecule has 0 aliphatic heterocycles. The molecule has 1 N–H and O–H groups in total. The Kier molecular flexibility index (Phi) is 5.69. The van der Waals surface area contributed by atoms with Gasteiger partial charge in [-0.15, -0.1) is 11.3 Å². The summed E-state index contributed by atoms with van der Waals surface area (Å²) in [5.74, 6) is -0.443. The normalized spacial score (nSPS) is 11.4. The van der Waals surface area contributed by atoms with E-state index in [4.69, 9.17) is 9.84 Å². The largest absolute Gasteiger partial charge is 0.493 e. The number of thiazole rings is 1. The summed E-state index contributed by atoms with van der Waals surface area (Å²) in [5, 5.41) is 9.54. The second-order valence-corrected chi connectivity index (χ2v) is 7.23. The van der Waals surface area contributed by atoms with Crippen molar-refractivity contribution in [2.75, 3.05) is 6.61 Å². The van der Waals surface area contributed by atoms with Crippen molar-refractivity contribution >= 4 is 17.3 Å². The van der Waals surface area contributed by atoms with Gasteiger partial charge in [-0.25, -0.2) is 9.78 Å². The molecule has 8 heteroatoms. The lowest BCUT2D eigenvalue weighted by molar-refractivity contribution is -0.137. The van der Waals surface area contributed by atoms with Crippen LogP contribution in [-0.4, -0.2) is 22.7 Å². The molecule has 2 aromatic carbocycles. The maximum absolute atomic E-state index is 12.7. The Hall–Kier alpha value is -2.87. The third-order valence-corrected chi connectivity index (χ3v) is 5.12. The average molecular weight is 407 g/mol. The molecule has 4 nitrogen and oxygen atoms in total. The van der Waals surface area contributed by atoms with Gasteiger partial charge >= 0.3 is 12.1 Å². The van der Waals surface area contributed by atoms with Crippen LogP contribution in [0.15, 0.2) is 48.5 Å². The van der Waals surface area contributed by atoms with Gasteiger partial charge in [-0.3, -0.25) is 0 Å². The molecule has 0 radical (unpaired) electrons. The minimum absolute atomic E-state index is 0.184. The van der Waals surface area contributed by atoms with Gasteiger partial charge in [0.2, 0.25) is 0 Å². The van der Waals surface area contributed by atoms with E-state index in [0.717, 1.165) is 22.7 Å². The zero-order valence-electron chi connectivity index (χ0n) is 14.8. The molecule has 0 aliphatic rings. The summed E-state index contributed by atoms with van der Waals surface area (Å²) in [6, 6.07) is 11.1. The second-order valence-electron chi connectivity index (χ2n) is 6.02. The van der Waals surface area contributed by atoms with E-state index < -0.39 is 17.7 Å². The van der Waals surface area contributed by atoms with E-state index in [9.17, 15) is 18.0 Å². The second kappa shape index (κ2) is 8.02. The zero-order chi connectivity index (χ0) is 20.3. The van der Waals surface area contributed by atoms with Crippen molar-refractivity contribution in [2.45, 2.75) is 19.5 Å². The highest BCUT2D eigenvalue weighted by atomic mass is 32.1. The van der Waals surface area contributed by atoms with Crippen molar-refractivity contribution in [3.8, 4) is 16.3 Å². The molecule has 0 amide bonds. The van der Waals surface area contributed by atoms with E-state index in [-0.39, 0.29) is 5.56 Å². The van der Waals surface area contributed by atoms with Crippen molar-refractivity contribution in [2.24, 2.45) is 0 Å². The minimum atomic E-state index is -4.36. The SMILES string of the molecule is Cc1sc(-c2ccc(C(F)(F)F)cc2)nc1CCOc1ccc(C(=O)O)cc1. The maximum atomic E-state index is 12.7. The number of rotatable bonds is 6. The number of aromatic nitrogens is 1. The monoisotopic (exact) mass is 407 g/mol. The van der Waals surface area contributed by atoms with Gasteiger partial charge < -0.3 is 9.84 Å². The van der Waals surface area contributed by atoms with E-state index in [1.807, 2.05) is 6.92 Å². The summed E-state index contributed by atoms with van der Waals surface area (Å²) < 4.78 is 43.6. The van der Waals surface area contributed by atoms with Crippen LogP contribution < -0.4 is 4.74 Å². The van der Waals surface area contributed by atoms with Gasteiger partial charge in [0, 0.05) is 16.9 Å². The summed E-state index contributed by atoms with van der Waals surface area (Å²) in [5.41, 5.74) is 0.954. The van der Waals surface area contributed by atoms with Crippen LogP contribution in [0, 0.1) is 6.92 Å². The molecule has 3 aromatic rings. The Morgan fingerprint density at radius 2 is 1.75 bits per heavy atom. The van der Waals surface area contributed by atoms with E-state index in [0.29, 0.717) is 29.3 Å². The predicted molar refractivity (Wildman–Crippen MR) is 99.9 cm³/mol. The Morgan fingerprint density at radius 3 is 2.32 bits per heavy atom. The molecule has 0 unspecified atom stereocenters. The summed E-state index contributed by atoms with van der Waals surface area (Å²) in [6.07, 6.45) is -3.83. The third kappa shape index (κ3) is 4.69. The predicted octanol–water partition coefficient (Wildman–Crippen LogP) is 5.46.